The molecule has 154 valence electrons. The summed E-state index contributed by atoms with van der Waals surface area (Å²) in [5.74, 6) is -0.160. The van der Waals surface area contributed by atoms with Gasteiger partial charge in [0.2, 0.25) is 0 Å². The van der Waals surface area contributed by atoms with Crippen LogP contribution < -0.4 is 0 Å². The molecule has 2 rings (SSSR count). The van der Waals surface area contributed by atoms with Gasteiger partial charge in [0.05, 0.1) is 38.3 Å². The average Bonchev–Trinajstić information content (AvgIpc) is 2.99. The summed E-state index contributed by atoms with van der Waals surface area (Å²) >= 11 is 1.40. The normalized spacial score (nSPS) is 36.5. The van der Waals surface area contributed by atoms with Gasteiger partial charge in [-0.25, -0.2) is 0 Å². The highest BCUT2D eigenvalue weighted by molar-refractivity contribution is 8.00. The van der Waals surface area contributed by atoms with E-state index in [0.29, 0.717) is 18.6 Å². The molecule has 7 heteroatoms. The third-order valence-corrected chi connectivity index (χ3v) is 6.70. The smallest absolute Gasteiger partial charge is 0.307 e. The molecule has 1 aliphatic carbocycles. The second-order valence-corrected chi connectivity index (χ2v) is 8.89. The highest BCUT2D eigenvalue weighted by Gasteiger charge is 2.40. The molecule has 6 nitrogen and oxygen atoms in total. The van der Waals surface area contributed by atoms with Crippen LogP contribution in [0.1, 0.15) is 51.9 Å². The largest absolute Gasteiger partial charge is 0.469 e. The van der Waals surface area contributed by atoms with E-state index >= 15 is 0 Å². The van der Waals surface area contributed by atoms with Gasteiger partial charge in [-0.15, -0.1) is 0 Å². The van der Waals surface area contributed by atoms with Gasteiger partial charge < -0.3 is 19.7 Å². The summed E-state index contributed by atoms with van der Waals surface area (Å²) in [4.78, 5) is 23.7. The zero-order valence-corrected chi connectivity index (χ0v) is 17.0. The molecule has 0 amide bonds. The van der Waals surface area contributed by atoms with E-state index in [1.54, 1.807) is 0 Å². The van der Waals surface area contributed by atoms with Gasteiger partial charge in [0, 0.05) is 11.0 Å². The summed E-state index contributed by atoms with van der Waals surface area (Å²) in [5.41, 5.74) is 0. The molecule has 1 fully saturated rings. The fourth-order valence-corrected chi connectivity index (χ4v) is 5.17. The molecule has 0 radical (unpaired) electrons. The molecule has 27 heavy (non-hydrogen) atoms. The lowest BCUT2D eigenvalue weighted by molar-refractivity contribution is -0.149. The van der Waals surface area contributed by atoms with Gasteiger partial charge in [0.25, 0.3) is 0 Å². The van der Waals surface area contributed by atoms with Crippen LogP contribution in [0, 0.1) is 11.8 Å². The van der Waals surface area contributed by atoms with Crippen molar-refractivity contribution in [3.05, 3.63) is 12.2 Å². The zero-order valence-electron chi connectivity index (χ0n) is 16.2. The van der Waals surface area contributed by atoms with Crippen molar-refractivity contribution >= 4 is 23.7 Å². The first-order chi connectivity index (χ1) is 12.9. The molecule has 0 aromatic heterocycles. The molecule has 0 bridgehead atoms. The number of cyclic esters (lactones) is 1. The predicted octanol–water partition coefficient (Wildman–Crippen LogP) is 2.46. The Balaban J connectivity index is 2.12. The first kappa shape index (κ1) is 22.2. The topological polar surface area (TPSA) is 93.1 Å². The predicted molar refractivity (Wildman–Crippen MR) is 104 cm³/mol. The number of carbonyl (C=O) groups excluding carboxylic acids is 2. The van der Waals surface area contributed by atoms with Crippen LogP contribution in [0.2, 0.25) is 0 Å². The highest BCUT2D eigenvalue weighted by atomic mass is 32.2. The van der Waals surface area contributed by atoms with Crippen LogP contribution in [-0.2, 0) is 19.1 Å². The quantitative estimate of drug-likeness (QED) is 0.553. The zero-order chi connectivity index (χ0) is 19.8. The molecule has 0 unspecified atom stereocenters. The number of aliphatic hydroxyl groups excluding tert-OH is 2. The number of ether oxygens (including phenoxy) is 2. The number of esters is 2. The minimum absolute atomic E-state index is 0.0976. The van der Waals surface area contributed by atoms with Crippen molar-refractivity contribution in [1.29, 1.82) is 0 Å². The number of hydrogen-bond acceptors (Lipinski definition) is 7. The monoisotopic (exact) mass is 400 g/mol. The molecule has 2 N–H and O–H groups in total. The van der Waals surface area contributed by atoms with E-state index in [9.17, 15) is 19.8 Å². The van der Waals surface area contributed by atoms with E-state index < -0.39 is 12.2 Å². The molecular formula is C20H32O6S. The first-order valence-corrected chi connectivity index (χ1v) is 10.9. The van der Waals surface area contributed by atoms with Crippen LogP contribution in [0.3, 0.4) is 0 Å². The minimum atomic E-state index is -0.747. The lowest BCUT2D eigenvalue weighted by Crippen LogP contribution is -2.36. The number of hydrogen-bond donors (Lipinski definition) is 2. The number of rotatable bonds is 4. The van der Waals surface area contributed by atoms with Crippen molar-refractivity contribution in [2.45, 2.75) is 75.4 Å². The Kier molecular flexibility index (Phi) is 9.12. The summed E-state index contributed by atoms with van der Waals surface area (Å²) in [7, 11) is 1.34. The van der Waals surface area contributed by atoms with E-state index in [1.165, 1.54) is 18.9 Å². The second-order valence-electron chi connectivity index (χ2n) is 7.54. The van der Waals surface area contributed by atoms with E-state index in [1.807, 2.05) is 6.92 Å². The van der Waals surface area contributed by atoms with Crippen molar-refractivity contribution < 1.29 is 29.3 Å². The summed E-state index contributed by atoms with van der Waals surface area (Å²) in [5, 5.41) is 20.8. The molecule has 1 heterocycles. The number of methoxy groups -OCH3 is 1. The van der Waals surface area contributed by atoms with Crippen molar-refractivity contribution in [2.75, 3.05) is 12.9 Å². The summed E-state index contributed by atoms with van der Waals surface area (Å²) in [6, 6.07) is 0. The Morgan fingerprint density at radius 3 is 2.89 bits per heavy atom. The van der Waals surface area contributed by atoms with Crippen molar-refractivity contribution in [3.8, 4) is 0 Å². The maximum atomic E-state index is 12.4. The SMILES string of the molecule is COC(=O)CCS[C@H]1CC(=O)O[C@@H](C)CCC/C=C/[C@@H]2C[C@H](O)C[C@H]2[C@@H]1O. The van der Waals surface area contributed by atoms with Crippen molar-refractivity contribution in [3.63, 3.8) is 0 Å². The minimum Gasteiger partial charge on any atom is -0.469 e. The van der Waals surface area contributed by atoms with Crippen LogP contribution in [-0.4, -0.2) is 58.6 Å². The van der Waals surface area contributed by atoms with Crippen molar-refractivity contribution in [2.24, 2.45) is 11.8 Å². The molecular weight excluding hydrogens is 368 g/mol. The Bertz CT molecular complexity index is 523. The standard InChI is InChI=1S/C20H32O6S/c1-13-6-4-3-5-7-14-10-15(21)11-16(14)20(24)17(12-19(23)26-13)27-9-8-18(22)25-2/h5,7,13-17,20-21,24H,3-4,6,8-12H2,1-2H3/b7-5+/t13-,14+,15-,16+,17-,20-/m0/s1. The number of aliphatic hydroxyl groups is 2. The maximum Gasteiger partial charge on any atom is 0.307 e. The summed E-state index contributed by atoms with van der Waals surface area (Å²) in [6.07, 6.45) is 7.03. The Morgan fingerprint density at radius 2 is 2.15 bits per heavy atom. The third-order valence-electron chi connectivity index (χ3n) is 5.39. The molecule has 2 aliphatic rings. The fourth-order valence-electron chi connectivity index (χ4n) is 3.93. The van der Waals surface area contributed by atoms with Crippen LogP contribution >= 0.6 is 11.8 Å². The van der Waals surface area contributed by atoms with Gasteiger partial charge in [0.1, 0.15) is 0 Å². The molecule has 0 aromatic rings. The lowest BCUT2D eigenvalue weighted by atomic mass is 9.87. The Hall–Kier alpha value is -1.05. The van der Waals surface area contributed by atoms with E-state index in [2.05, 4.69) is 16.9 Å². The number of fused-ring (bicyclic) bond motifs is 1. The van der Waals surface area contributed by atoms with Gasteiger partial charge in [-0.2, -0.15) is 11.8 Å². The Morgan fingerprint density at radius 1 is 1.37 bits per heavy atom. The van der Waals surface area contributed by atoms with Gasteiger partial charge in [-0.3, -0.25) is 9.59 Å². The van der Waals surface area contributed by atoms with Gasteiger partial charge in [-0.05, 0) is 50.9 Å². The molecule has 1 aliphatic heterocycles. The molecule has 0 aromatic carbocycles. The number of thioether (sulfide) groups is 1. The number of allylic oxidation sites excluding steroid dienone is 2. The van der Waals surface area contributed by atoms with Crippen LogP contribution in [0.15, 0.2) is 12.2 Å². The van der Waals surface area contributed by atoms with Crippen LogP contribution in [0.25, 0.3) is 0 Å². The van der Waals surface area contributed by atoms with Gasteiger partial charge in [0.15, 0.2) is 0 Å². The fraction of sp³-hybridized carbons (Fsp3) is 0.800. The molecule has 6 atom stereocenters. The maximum absolute atomic E-state index is 12.4. The van der Waals surface area contributed by atoms with E-state index in [4.69, 9.17) is 4.74 Å². The summed E-state index contributed by atoms with van der Waals surface area (Å²) < 4.78 is 10.2. The Labute approximate surface area is 165 Å². The van der Waals surface area contributed by atoms with Crippen LogP contribution in [0.4, 0.5) is 0 Å². The van der Waals surface area contributed by atoms with E-state index in [0.717, 1.165) is 19.3 Å². The third kappa shape index (κ3) is 7.12. The van der Waals surface area contributed by atoms with E-state index in [-0.39, 0.29) is 48.0 Å². The molecule has 0 spiro atoms. The van der Waals surface area contributed by atoms with Gasteiger partial charge >= 0.3 is 11.9 Å². The number of carbonyl (C=O) groups is 2. The molecule has 0 saturated heterocycles. The van der Waals surface area contributed by atoms with Crippen LogP contribution in [0.5, 0.6) is 0 Å². The highest BCUT2D eigenvalue weighted by Crippen LogP contribution is 2.39. The average molecular weight is 401 g/mol. The first-order valence-electron chi connectivity index (χ1n) is 9.81. The van der Waals surface area contributed by atoms with Crippen molar-refractivity contribution in [1.82, 2.24) is 0 Å². The summed E-state index contributed by atoms with van der Waals surface area (Å²) in [6.45, 7) is 1.89. The second kappa shape index (κ2) is 11.1. The molecule has 1 saturated carbocycles. The van der Waals surface area contributed by atoms with Gasteiger partial charge in [-0.1, -0.05) is 12.2 Å². The lowest BCUT2D eigenvalue weighted by Gasteiger charge is -2.29.